The SMILES string of the molecule is COc1c(Cl)cc(/C(O)=C2\C(=O)C(=O)N(Cc3cccc(C(F)(F)F)c3)C2c2cccnc2)c(OC)c1Cl. The number of methoxy groups -OCH3 is 2. The van der Waals surface area contributed by atoms with Crippen LogP contribution in [0.5, 0.6) is 11.5 Å². The molecule has 1 aliphatic heterocycles. The Morgan fingerprint density at radius 1 is 1.08 bits per heavy atom. The van der Waals surface area contributed by atoms with Gasteiger partial charge in [-0.05, 0) is 35.4 Å². The number of ether oxygens (including phenoxy) is 2. The van der Waals surface area contributed by atoms with Crippen molar-refractivity contribution >= 4 is 40.7 Å². The van der Waals surface area contributed by atoms with Gasteiger partial charge in [-0.2, -0.15) is 13.2 Å². The molecule has 0 aliphatic carbocycles. The Hall–Kier alpha value is -3.76. The van der Waals surface area contributed by atoms with Crippen LogP contribution in [0.2, 0.25) is 10.0 Å². The van der Waals surface area contributed by atoms with E-state index in [4.69, 9.17) is 32.7 Å². The molecule has 1 aliphatic rings. The number of ketones is 1. The Kier molecular flexibility index (Phi) is 7.57. The highest BCUT2D eigenvalue weighted by atomic mass is 35.5. The standard InChI is InChI=1S/C26H19Cl2F3N2O5/c1-37-23-16(10-17(27)24(38-2)19(23)28)21(34)18-20(14-6-4-8-32-11-14)33(25(36)22(18)35)12-13-5-3-7-15(9-13)26(29,30)31/h3-11,20,34H,12H2,1-2H3/b21-18+. The molecule has 2 aromatic carbocycles. The van der Waals surface area contributed by atoms with E-state index in [9.17, 15) is 27.9 Å². The van der Waals surface area contributed by atoms with Crippen molar-refractivity contribution in [1.29, 1.82) is 0 Å². The zero-order valence-corrected chi connectivity index (χ0v) is 21.4. The van der Waals surface area contributed by atoms with E-state index < -0.39 is 35.2 Å². The highest BCUT2D eigenvalue weighted by Crippen LogP contribution is 2.47. The van der Waals surface area contributed by atoms with E-state index in [2.05, 4.69) is 4.98 Å². The zero-order valence-electron chi connectivity index (χ0n) is 19.8. The van der Waals surface area contributed by atoms with Gasteiger partial charge in [-0.15, -0.1) is 0 Å². The van der Waals surface area contributed by atoms with Crippen molar-refractivity contribution in [3.05, 3.63) is 92.7 Å². The van der Waals surface area contributed by atoms with Crippen LogP contribution in [0.4, 0.5) is 13.2 Å². The molecule has 0 saturated carbocycles. The van der Waals surface area contributed by atoms with Crippen LogP contribution in [0.15, 0.2) is 60.4 Å². The molecule has 1 atom stereocenters. The van der Waals surface area contributed by atoms with Gasteiger partial charge >= 0.3 is 6.18 Å². The topological polar surface area (TPSA) is 89.0 Å². The number of Topliss-reactive ketones (excluding diaryl/α,β-unsaturated/α-hetero) is 1. The molecular formula is C26H19Cl2F3N2O5. The highest BCUT2D eigenvalue weighted by Gasteiger charge is 2.47. The van der Waals surface area contributed by atoms with Gasteiger partial charge in [0.05, 0.1) is 42.0 Å². The van der Waals surface area contributed by atoms with Gasteiger partial charge in [0, 0.05) is 18.9 Å². The zero-order chi connectivity index (χ0) is 27.8. The average molecular weight is 567 g/mol. The average Bonchev–Trinajstić information content (AvgIpc) is 3.13. The summed E-state index contributed by atoms with van der Waals surface area (Å²) in [7, 11) is 2.60. The summed E-state index contributed by atoms with van der Waals surface area (Å²) in [6.07, 6.45) is -1.75. The first-order chi connectivity index (χ1) is 18.0. The summed E-state index contributed by atoms with van der Waals surface area (Å²) in [5.74, 6) is -2.74. The lowest BCUT2D eigenvalue weighted by atomic mass is 9.95. The minimum atomic E-state index is -4.60. The van der Waals surface area contributed by atoms with Crippen molar-refractivity contribution in [1.82, 2.24) is 9.88 Å². The number of amides is 1. The molecule has 0 spiro atoms. The fourth-order valence-electron chi connectivity index (χ4n) is 4.26. The summed E-state index contributed by atoms with van der Waals surface area (Å²) in [4.78, 5) is 31.6. The number of likely N-dealkylation sites (tertiary alicyclic amines) is 1. The number of hydrogen-bond acceptors (Lipinski definition) is 6. The third kappa shape index (κ3) is 4.89. The molecule has 2 heterocycles. The summed E-state index contributed by atoms with van der Waals surface area (Å²) < 4.78 is 50.3. The van der Waals surface area contributed by atoms with Gasteiger partial charge in [0.25, 0.3) is 11.7 Å². The van der Waals surface area contributed by atoms with Crippen molar-refractivity contribution in [2.24, 2.45) is 0 Å². The Balaban J connectivity index is 1.91. The van der Waals surface area contributed by atoms with E-state index in [1.807, 2.05) is 0 Å². The van der Waals surface area contributed by atoms with Gasteiger partial charge in [-0.3, -0.25) is 14.6 Å². The minimum Gasteiger partial charge on any atom is -0.507 e. The van der Waals surface area contributed by atoms with Gasteiger partial charge in [0.15, 0.2) is 11.5 Å². The molecule has 198 valence electrons. The lowest BCUT2D eigenvalue weighted by molar-refractivity contribution is -0.140. The third-order valence-electron chi connectivity index (χ3n) is 5.94. The predicted molar refractivity (Wildman–Crippen MR) is 133 cm³/mol. The molecule has 1 amide bonds. The van der Waals surface area contributed by atoms with Crippen molar-refractivity contribution in [2.75, 3.05) is 14.2 Å². The van der Waals surface area contributed by atoms with E-state index in [1.165, 1.54) is 44.8 Å². The molecule has 1 unspecified atom stereocenters. The normalized spacial score (nSPS) is 17.1. The molecule has 7 nitrogen and oxygen atoms in total. The number of carbonyl (C=O) groups excluding carboxylic acids is 2. The fraction of sp³-hybridized carbons (Fsp3) is 0.192. The lowest BCUT2D eigenvalue weighted by Crippen LogP contribution is -2.29. The molecule has 1 saturated heterocycles. The highest BCUT2D eigenvalue weighted by molar-refractivity contribution is 6.47. The number of alkyl halides is 3. The Morgan fingerprint density at radius 2 is 1.79 bits per heavy atom. The van der Waals surface area contributed by atoms with Crippen molar-refractivity contribution < 1.29 is 37.3 Å². The largest absolute Gasteiger partial charge is 0.507 e. The molecular weight excluding hydrogens is 548 g/mol. The molecule has 4 rings (SSSR count). The Bertz CT molecular complexity index is 1440. The van der Waals surface area contributed by atoms with E-state index in [0.717, 1.165) is 17.0 Å². The van der Waals surface area contributed by atoms with Crippen molar-refractivity contribution in [3.8, 4) is 11.5 Å². The number of hydrogen-bond donors (Lipinski definition) is 1. The second kappa shape index (κ2) is 10.5. The van der Waals surface area contributed by atoms with Crippen LogP contribution in [0.1, 0.15) is 28.3 Å². The van der Waals surface area contributed by atoms with E-state index in [0.29, 0.717) is 5.56 Å². The minimum absolute atomic E-state index is 0.00373. The van der Waals surface area contributed by atoms with E-state index in [1.54, 1.807) is 12.1 Å². The monoisotopic (exact) mass is 566 g/mol. The first kappa shape index (κ1) is 27.3. The van der Waals surface area contributed by atoms with Crippen molar-refractivity contribution in [2.45, 2.75) is 18.8 Å². The maximum absolute atomic E-state index is 13.3. The van der Waals surface area contributed by atoms with E-state index >= 15 is 0 Å². The van der Waals surface area contributed by atoms with Crippen LogP contribution < -0.4 is 9.47 Å². The van der Waals surface area contributed by atoms with Gasteiger partial charge in [-0.1, -0.05) is 41.4 Å². The van der Waals surface area contributed by atoms with E-state index in [-0.39, 0.29) is 44.8 Å². The second-order valence-corrected chi connectivity index (χ2v) is 8.98. The lowest BCUT2D eigenvalue weighted by Gasteiger charge is -2.25. The van der Waals surface area contributed by atoms with Gasteiger partial charge in [-0.25, -0.2) is 0 Å². The molecule has 1 fully saturated rings. The molecule has 0 radical (unpaired) electrons. The summed E-state index contributed by atoms with van der Waals surface area (Å²) in [5, 5.41) is 11.3. The maximum Gasteiger partial charge on any atom is 0.416 e. The number of pyridine rings is 1. The number of rotatable bonds is 6. The number of aromatic nitrogens is 1. The molecule has 1 N–H and O–H groups in total. The molecule has 3 aromatic rings. The Morgan fingerprint density at radius 3 is 2.39 bits per heavy atom. The number of benzene rings is 2. The molecule has 38 heavy (non-hydrogen) atoms. The van der Waals surface area contributed by atoms with Crippen LogP contribution in [0.25, 0.3) is 5.76 Å². The van der Waals surface area contributed by atoms with Crippen LogP contribution in [0, 0.1) is 0 Å². The summed E-state index contributed by atoms with van der Waals surface area (Å²) in [6.45, 7) is -0.355. The van der Waals surface area contributed by atoms with Crippen LogP contribution in [0.3, 0.4) is 0 Å². The van der Waals surface area contributed by atoms with Gasteiger partial charge < -0.3 is 19.5 Å². The summed E-state index contributed by atoms with van der Waals surface area (Å²) in [6, 6.07) is 7.61. The number of halogens is 5. The number of aliphatic hydroxyl groups excluding tert-OH is 1. The van der Waals surface area contributed by atoms with Gasteiger partial charge in [0.1, 0.15) is 10.8 Å². The van der Waals surface area contributed by atoms with Crippen molar-refractivity contribution in [3.63, 3.8) is 0 Å². The van der Waals surface area contributed by atoms with Gasteiger partial charge in [0.2, 0.25) is 0 Å². The summed E-state index contributed by atoms with van der Waals surface area (Å²) in [5.41, 5.74) is -0.870. The third-order valence-corrected chi connectivity index (χ3v) is 6.57. The number of nitrogens with zero attached hydrogens (tertiary/aromatic N) is 2. The predicted octanol–water partition coefficient (Wildman–Crippen LogP) is 6.05. The van der Waals surface area contributed by atoms with Crippen LogP contribution in [-0.2, 0) is 22.3 Å². The molecule has 0 bridgehead atoms. The van der Waals surface area contributed by atoms with Crippen LogP contribution in [-0.4, -0.2) is 40.9 Å². The first-order valence-corrected chi connectivity index (χ1v) is 11.7. The smallest absolute Gasteiger partial charge is 0.416 e. The molecule has 1 aromatic heterocycles. The quantitative estimate of drug-likeness (QED) is 0.222. The molecule has 12 heteroatoms. The Labute approximate surface area is 225 Å². The maximum atomic E-state index is 13.3. The van der Waals surface area contributed by atoms with Crippen LogP contribution >= 0.6 is 23.2 Å². The fourth-order valence-corrected chi connectivity index (χ4v) is 4.95. The first-order valence-electron chi connectivity index (χ1n) is 10.9. The number of aliphatic hydroxyl groups is 1. The second-order valence-electron chi connectivity index (χ2n) is 8.20. The summed E-state index contributed by atoms with van der Waals surface area (Å²) >= 11 is 12.6. The number of carbonyl (C=O) groups is 2.